The maximum Gasteiger partial charge on any atom is 0.0399 e. The molecular weight excluding hydrogens is 232 g/mol. The predicted molar refractivity (Wildman–Crippen MR) is 81.8 cm³/mol. The summed E-state index contributed by atoms with van der Waals surface area (Å²) < 4.78 is 0. The van der Waals surface area contributed by atoms with E-state index in [0.717, 1.165) is 25.0 Å². The van der Waals surface area contributed by atoms with Crippen LogP contribution in [0.25, 0.3) is 0 Å². The molecule has 3 rings (SSSR count). The van der Waals surface area contributed by atoms with E-state index in [4.69, 9.17) is 0 Å². The molecule has 1 N–H and O–H groups in total. The van der Waals surface area contributed by atoms with Gasteiger partial charge in [0.1, 0.15) is 0 Å². The summed E-state index contributed by atoms with van der Waals surface area (Å²) in [5.74, 6) is 0.779. The van der Waals surface area contributed by atoms with Crippen molar-refractivity contribution in [3.05, 3.63) is 29.8 Å². The SMILES string of the molecule is CC1Cc2ccccc2N(CCNC2CCCC2)C1. The van der Waals surface area contributed by atoms with Gasteiger partial charge >= 0.3 is 0 Å². The molecule has 1 saturated carbocycles. The average Bonchev–Trinajstić information content (AvgIpc) is 2.91. The Hall–Kier alpha value is -1.02. The van der Waals surface area contributed by atoms with E-state index in [2.05, 4.69) is 41.4 Å². The predicted octanol–water partition coefficient (Wildman–Crippen LogP) is 3.22. The third-order valence-electron chi connectivity index (χ3n) is 4.60. The third-order valence-corrected chi connectivity index (χ3v) is 4.60. The maximum absolute atomic E-state index is 3.73. The summed E-state index contributed by atoms with van der Waals surface area (Å²) in [4.78, 5) is 2.57. The normalized spacial score (nSPS) is 23.6. The molecule has 0 saturated heterocycles. The third kappa shape index (κ3) is 3.11. The summed E-state index contributed by atoms with van der Waals surface area (Å²) in [6.07, 6.45) is 6.84. The molecule has 1 aromatic carbocycles. The Bertz CT molecular complexity index is 409. The van der Waals surface area contributed by atoms with Crippen LogP contribution in [-0.2, 0) is 6.42 Å². The second-order valence-corrected chi connectivity index (χ2v) is 6.32. The summed E-state index contributed by atoms with van der Waals surface area (Å²) in [7, 11) is 0. The molecule has 1 atom stereocenters. The van der Waals surface area contributed by atoms with Gasteiger partial charge in [-0.3, -0.25) is 0 Å². The van der Waals surface area contributed by atoms with Gasteiger partial charge in [-0.25, -0.2) is 0 Å². The highest BCUT2D eigenvalue weighted by Crippen LogP contribution is 2.28. The minimum Gasteiger partial charge on any atom is -0.370 e. The lowest BCUT2D eigenvalue weighted by molar-refractivity contribution is 0.493. The second-order valence-electron chi connectivity index (χ2n) is 6.32. The van der Waals surface area contributed by atoms with E-state index < -0.39 is 0 Å². The number of nitrogens with zero attached hydrogens (tertiary/aromatic N) is 1. The molecule has 19 heavy (non-hydrogen) atoms. The van der Waals surface area contributed by atoms with Crippen molar-refractivity contribution in [3.63, 3.8) is 0 Å². The van der Waals surface area contributed by atoms with E-state index in [1.165, 1.54) is 49.9 Å². The summed E-state index contributed by atoms with van der Waals surface area (Å²) >= 11 is 0. The summed E-state index contributed by atoms with van der Waals surface area (Å²) in [6.45, 7) is 5.86. The molecule has 2 aliphatic rings. The number of nitrogens with one attached hydrogen (secondary N) is 1. The number of para-hydroxylation sites is 1. The summed E-state index contributed by atoms with van der Waals surface area (Å²) in [5.41, 5.74) is 3.00. The van der Waals surface area contributed by atoms with Crippen LogP contribution >= 0.6 is 0 Å². The van der Waals surface area contributed by atoms with Crippen molar-refractivity contribution < 1.29 is 0 Å². The molecule has 2 heteroatoms. The number of hydrogen-bond acceptors (Lipinski definition) is 2. The Labute approximate surface area is 117 Å². The van der Waals surface area contributed by atoms with Crippen LogP contribution in [0.5, 0.6) is 0 Å². The minimum absolute atomic E-state index is 0.779. The van der Waals surface area contributed by atoms with Crippen LogP contribution in [0.3, 0.4) is 0 Å². The van der Waals surface area contributed by atoms with Crippen LogP contribution in [0.2, 0.25) is 0 Å². The smallest absolute Gasteiger partial charge is 0.0399 e. The molecule has 0 bridgehead atoms. The molecule has 0 amide bonds. The highest BCUT2D eigenvalue weighted by Gasteiger charge is 2.21. The molecular formula is C17H26N2. The fraction of sp³-hybridized carbons (Fsp3) is 0.647. The Morgan fingerprint density at radius 1 is 1.21 bits per heavy atom. The molecule has 0 radical (unpaired) electrons. The molecule has 0 spiro atoms. The molecule has 1 aliphatic heterocycles. The average molecular weight is 258 g/mol. The van der Waals surface area contributed by atoms with Gasteiger partial charge in [0.05, 0.1) is 0 Å². The second kappa shape index (κ2) is 5.96. The first kappa shape index (κ1) is 13.0. The number of benzene rings is 1. The summed E-state index contributed by atoms with van der Waals surface area (Å²) in [5, 5.41) is 3.73. The van der Waals surface area contributed by atoms with Crippen molar-refractivity contribution in [3.8, 4) is 0 Å². The van der Waals surface area contributed by atoms with Gasteiger partial charge in [0, 0.05) is 31.4 Å². The monoisotopic (exact) mass is 258 g/mol. The van der Waals surface area contributed by atoms with Crippen LogP contribution in [0, 0.1) is 5.92 Å². The van der Waals surface area contributed by atoms with Gasteiger partial charge in [0.25, 0.3) is 0 Å². The van der Waals surface area contributed by atoms with E-state index in [0.29, 0.717) is 0 Å². The van der Waals surface area contributed by atoms with E-state index >= 15 is 0 Å². The molecule has 1 heterocycles. The van der Waals surface area contributed by atoms with Gasteiger partial charge < -0.3 is 10.2 Å². The Morgan fingerprint density at radius 3 is 2.84 bits per heavy atom. The lowest BCUT2D eigenvalue weighted by Crippen LogP contribution is -2.40. The van der Waals surface area contributed by atoms with Crippen molar-refractivity contribution in [2.45, 2.75) is 45.1 Å². The van der Waals surface area contributed by atoms with Crippen molar-refractivity contribution in [1.82, 2.24) is 5.32 Å². The molecule has 104 valence electrons. The highest BCUT2D eigenvalue weighted by atomic mass is 15.2. The number of anilines is 1. The Kier molecular flexibility index (Phi) is 4.07. The Morgan fingerprint density at radius 2 is 2.00 bits per heavy atom. The molecule has 1 fully saturated rings. The quantitative estimate of drug-likeness (QED) is 0.892. The zero-order chi connectivity index (χ0) is 13.1. The van der Waals surface area contributed by atoms with Gasteiger partial charge in [-0.2, -0.15) is 0 Å². The largest absolute Gasteiger partial charge is 0.370 e. The van der Waals surface area contributed by atoms with E-state index in [1.54, 1.807) is 0 Å². The number of hydrogen-bond donors (Lipinski definition) is 1. The zero-order valence-electron chi connectivity index (χ0n) is 12.1. The van der Waals surface area contributed by atoms with Crippen LogP contribution < -0.4 is 10.2 Å². The maximum atomic E-state index is 3.73. The lowest BCUT2D eigenvalue weighted by Gasteiger charge is -2.35. The molecule has 1 aromatic rings. The minimum atomic E-state index is 0.779. The molecule has 1 aliphatic carbocycles. The van der Waals surface area contributed by atoms with Crippen molar-refractivity contribution in [1.29, 1.82) is 0 Å². The first-order valence-corrected chi connectivity index (χ1v) is 7.89. The highest BCUT2D eigenvalue weighted by molar-refractivity contribution is 5.55. The fourth-order valence-electron chi connectivity index (χ4n) is 3.65. The van der Waals surface area contributed by atoms with E-state index in [-0.39, 0.29) is 0 Å². The van der Waals surface area contributed by atoms with Gasteiger partial charge in [0.2, 0.25) is 0 Å². The molecule has 1 unspecified atom stereocenters. The topological polar surface area (TPSA) is 15.3 Å². The van der Waals surface area contributed by atoms with Gasteiger partial charge in [-0.1, -0.05) is 38.0 Å². The van der Waals surface area contributed by atoms with Crippen molar-refractivity contribution in [2.75, 3.05) is 24.5 Å². The number of fused-ring (bicyclic) bond motifs is 1. The van der Waals surface area contributed by atoms with Crippen LogP contribution in [0.1, 0.15) is 38.2 Å². The van der Waals surface area contributed by atoms with Crippen molar-refractivity contribution in [2.24, 2.45) is 5.92 Å². The van der Waals surface area contributed by atoms with Crippen LogP contribution in [-0.4, -0.2) is 25.7 Å². The Balaban J connectivity index is 1.58. The standard InChI is InChI=1S/C17H26N2/c1-14-12-15-6-2-5-9-17(15)19(13-14)11-10-18-16-7-3-4-8-16/h2,5-6,9,14,16,18H,3-4,7-8,10-13H2,1H3. The first-order valence-electron chi connectivity index (χ1n) is 7.89. The number of rotatable bonds is 4. The van der Waals surface area contributed by atoms with E-state index in [9.17, 15) is 0 Å². The van der Waals surface area contributed by atoms with Crippen molar-refractivity contribution >= 4 is 5.69 Å². The van der Waals surface area contributed by atoms with Gasteiger partial charge in [-0.15, -0.1) is 0 Å². The molecule has 0 aromatic heterocycles. The lowest BCUT2D eigenvalue weighted by atomic mass is 9.94. The zero-order valence-corrected chi connectivity index (χ0v) is 12.1. The van der Waals surface area contributed by atoms with Crippen LogP contribution in [0.4, 0.5) is 5.69 Å². The van der Waals surface area contributed by atoms with Gasteiger partial charge in [-0.05, 0) is 36.8 Å². The molecule has 2 nitrogen and oxygen atoms in total. The van der Waals surface area contributed by atoms with Crippen LogP contribution in [0.15, 0.2) is 24.3 Å². The summed E-state index contributed by atoms with van der Waals surface area (Å²) in [6, 6.07) is 9.72. The fourth-order valence-corrected chi connectivity index (χ4v) is 3.65. The first-order chi connectivity index (χ1) is 9.33. The van der Waals surface area contributed by atoms with E-state index in [1.807, 2.05) is 0 Å². The van der Waals surface area contributed by atoms with Gasteiger partial charge in [0.15, 0.2) is 0 Å².